The number of benzene rings is 2. The van der Waals surface area contributed by atoms with Crippen LogP contribution in [0.4, 0.5) is 0 Å². The number of nitriles is 2. The van der Waals surface area contributed by atoms with Gasteiger partial charge >= 0.3 is 0 Å². The van der Waals surface area contributed by atoms with Crippen LogP contribution in [0.2, 0.25) is 0 Å². The zero-order valence-electron chi connectivity index (χ0n) is 22.3. The van der Waals surface area contributed by atoms with Crippen LogP contribution in [-0.4, -0.2) is 0 Å². The largest absolute Gasteiger partial charge is 0.306 e. The molecule has 0 atom stereocenters. The van der Waals surface area contributed by atoms with E-state index in [9.17, 15) is 10.5 Å². The van der Waals surface area contributed by atoms with Crippen LogP contribution in [0.25, 0.3) is 9.69 Å². The van der Waals surface area contributed by atoms with Crippen LogP contribution in [0.1, 0.15) is 88.8 Å². The Kier molecular flexibility index (Phi) is 9.47. The zero-order chi connectivity index (χ0) is 27.2. The molecule has 0 heterocycles. The van der Waals surface area contributed by atoms with E-state index >= 15 is 0 Å². The molecule has 0 unspecified atom stereocenters. The van der Waals surface area contributed by atoms with Gasteiger partial charge in [-0.15, -0.1) is 0 Å². The van der Waals surface area contributed by atoms with Crippen molar-refractivity contribution in [1.82, 2.24) is 0 Å². The van der Waals surface area contributed by atoms with Crippen molar-refractivity contribution >= 4 is 15.9 Å². The Labute approximate surface area is 220 Å². The van der Waals surface area contributed by atoms with Gasteiger partial charge in [0.1, 0.15) is 0 Å². The van der Waals surface area contributed by atoms with Gasteiger partial charge in [-0.1, -0.05) is 33.6 Å². The van der Waals surface area contributed by atoms with Gasteiger partial charge in [-0.05, 0) is 75.6 Å². The fourth-order valence-corrected chi connectivity index (χ4v) is 3.56. The molecule has 0 aliphatic rings. The predicted molar refractivity (Wildman–Crippen MR) is 147 cm³/mol. The van der Waals surface area contributed by atoms with E-state index in [0.29, 0.717) is 0 Å². The first-order valence-corrected chi connectivity index (χ1v) is 12.5. The van der Waals surface area contributed by atoms with Crippen LogP contribution in [0.3, 0.4) is 0 Å². The Hall–Kier alpha value is -3.12. The predicted octanol–water partition coefficient (Wildman–Crippen LogP) is 8.49. The molecule has 0 radical (unpaired) electrons. The molecule has 0 bridgehead atoms. The molecule has 0 saturated carbocycles. The minimum Gasteiger partial charge on any atom is -0.306 e. The SMILES string of the molecule is [C-]#[N+]C(C)(C)c1cc(C)cc(C(C)(C)C#N)c1.[C-]#[N+]C(C)(C)c1cc(CBr)cc(C(C)(C)C#N)c1. The van der Waals surface area contributed by atoms with E-state index in [1.165, 1.54) is 0 Å². The van der Waals surface area contributed by atoms with E-state index in [2.05, 4.69) is 37.8 Å². The third-order valence-corrected chi connectivity index (χ3v) is 6.85. The molecule has 0 aromatic heterocycles. The first-order valence-electron chi connectivity index (χ1n) is 11.4. The van der Waals surface area contributed by atoms with Crippen molar-refractivity contribution in [3.8, 4) is 12.1 Å². The van der Waals surface area contributed by atoms with Crippen molar-refractivity contribution in [3.05, 3.63) is 92.6 Å². The lowest BCUT2D eigenvalue weighted by Gasteiger charge is -2.20. The molecule has 5 heteroatoms. The lowest BCUT2D eigenvalue weighted by molar-refractivity contribution is 0.646. The molecule has 0 amide bonds. The number of aryl methyl sites for hydroxylation is 1. The Morgan fingerprint density at radius 2 is 1.03 bits per heavy atom. The van der Waals surface area contributed by atoms with Crippen molar-refractivity contribution in [2.24, 2.45) is 0 Å². The van der Waals surface area contributed by atoms with E-state index in [0.717, 1.165) is 38.7 Å². The second kappa shape index (κ2) is 11.1. The van der Waals surface area contributed by atoms with Gasteiger partial charge in [0, 0.05) is 44.2 Å². The summed E-state index contributed by atoms with van der Waals surface area (Å²) in [6, 6.07) is 16.7. The van der Waals surface area contributed by atoms with Crippen LogP contribution in [0.15, 0.2) is 36.4 Å². The molecule has 182 valence electrons. The maximum Gasteiger partial charge on any atom is 0.252 e. The van der Waals surface area contributed by atoms with Gasteiger partial charge in [0.15, 0.2) is 0 Å². The van der Waals surface area contributed by atoms with Gasteiger partial charge < -0.3 is 9.69 Å². The van der Waals surface area contributed by atoms with Crippen molar-refractivity contribution < 1.29 is 0 Å². The molecule has 35 heavy (non-hydrogen) atoms. The van der Waals surface area contributed by atoms with Gasteiger partial charge in [-0.2, -0.15) is 10.5 Å². The molecule has 2 aromatic rings. The maximum atomic E-state index is 9.24. The average Bonchev–Trinajstić information content (AvgIpc) is 2.83. The molecule has 0 aliphatic heterocycles. The quantitative estimate of drug-likeness (QED) is 0.287. The van der Waals surface area contributed by atoms with E-state index < -0.39 is 21.9 Å². The standard InChI is InChI=1S/C15H17BrN2.C15H18N2/c1-14(2,10-17)12-6-11(9-16)7-13(8-12)15(3,4)18-5;1-11-7-12(14(2,3)10-16)9-13(8-11)15(4,5)17-6/h6-8H,9H2,1-4H3;7-9H,1-5H3. The molecule has 2 rings (SSSR count). The molecule has 0 spiro atoms. The zero-order valence-corrected chi connectivity index (χ0v) is 23.9. The third-order valence-electron chi connectivity index (χ3n) is 6.20. The molecule has 0 fully saturated rings. The number of nitrogens with zero attached hydrogens (tertiary/aromatic N) is 4. The van der Waals surface area contributed by atoms with Gasteiger partial charge in [0.2, 0.25) is 0 Å². The van der Waals surface area contributed by atoms with Crippen molar-refractivity contribution in [2.45, 2.75) is 89.6 Å². The maximum absolute atomic E-state index is 9.24. The summed E-state index contributed by atoms with van der Waals surface area (Å²) in [6.07, 6.45) is 0. The second-order valence-electron chi connectivity index (χ2n) is 11.0. The van der Waals surface area contributed by atoms with Crippen molar-refractivity contribution in [3.63, 3.8) is 0 Å². The van der Waals surface area contributed by atoms with E-state index in [-0.39, 0.29) is 0 Å². The lowest BCUT2D eigenvalue weighted by atomic mass is 9.82. The minimum absolute atomic E-state index is 0.515. The van der Waals surface area contributed by atoms with Crippen LogP contribution in [-0.2, 0) is 27.2 Å². The Morgan fingerprint density at radius 1 is 0.686 bits per heavy atom. The molecular weight excluding hydrogens is 496 g/mol. The van der Waals surface area contributed by atoms with Crippen LogP contribution in [0.5, 0.6) is 0 Å². The Balaban J connectivity index is 0.000000351. The molecule has 2 aromatic carbocycles. The summed E-state index contributed by atoms with van der Waals surface area (Å²) in [5.74, 6) is 0. The van der Waals surface area contributed by atoms with Gasteiger partial charge in [0.05, 0.1) is 23.0 Å². The fraction of sp³-hybridized carbons (Fsp3) is 0.467. The average molecular weight is 532 g/mol. The molecular formula is C30H35BrN4. The Bertz CT molecular complexity index is 1150. The summed E-state index contributed by atoms with van der Waals surface area (Å²) in [7, 11) is 0. The topological polar surface area (TPSA) is 56.3 Å². The smallest absolute Gasteiger partial charge is 0.252 e. The van der Waals surface area contributed by atoms with Crippen LogP contribution < -0.4 is 0 Å². The highest BCUT2D eigenvalue weighted by atomic mass is 79.9. The number of halogens is 1. The molecule has 0 saturated heterocycles. The summed E-state index contributed by atoms with van der Waals surface area (Å²) in [5.41, 5.74) is 3.94. The Morgan fingerprint density at radius 3 is 1.40 bits per heavy atom. The van der Waals surface area contributed by atoms with E-state index in [4.69, 9.17) is 13.1 Å². The summed E-state index contributed by atoms with van der Waals surface area (Å²) in [6.45, 7) is 31.7. The number of alkyl halides is 1. The van der Waals surface area contributed by atoms with Crippen molar-refractivity contribution in [2.75, 3.05) is 0 Å². The van der Waals surface area contributed by atoms with E-state index in [1.54, 1.807) is 0 Å². The second-order valence-corrected chi connectivity index (χ2v) is 11.5. The highest BCUT2D eigenvalue weighted by Gasteiger charge is 2.30. The highest BCUT2D eigenvalue weighted by molar-refractivity contribution is 9.08. The van der Waals surface area contributed by atoms with Gasteiger partial charge in [-0.3, -0.25) is 0 Å². The first kappa shape index (κ1) is 29.9. The summed E-state index contributed by atoms with van der Waals surface area (Å²) in [4.78, 5) is 7.31. The van der Waals surface area contributed by atoms with E-state index in [1.807, 2.05) is 98.7 Å². The van der Waals surface area contributed by atoms with Gasteiger partial charge in [-0.25, -0.2) is 13.1 Å². The normalized spacial score (nSPS) is 11.7. The fourth-order valence-electron chi connectivity index (χ4n) is 3.24. The molecule has 0 aliphatic carbocycles. The first-order chi connectivity index (χ1) is 16.0. The highest BCUT2D eigenvalue weighted by Crippen LogP contribution is 2.33. The number of rotatable bonds is 5. The van der Waals surface area contributed by atoms with Crippen molar-refractivity contribution in [1.29, 1.82) is 10.5 Å². The third kappa shape index (κ3) is 7.43. The summed E-state index contributed by atoms with van der Waals surface area (Å²) < 4.78 is 0. The summed E-state index contributed by atoms with van der Waals surface area (Å²) in [5, 5.41) is 19.1. The number of hydrogen-bond acceptors (Lipinski definition) is 2. The molecule has 0 N–H and O–H groups in total. The molecule has 4 nitrogen and oxygen atoms in total. The van der Waals surface area contributed by atoms with Crippen LogP contribution >= 0.6 is 15.9 Å². The van der Waals surface area contributed by atoms with Gasteiger partial charge in [0.25, 0.3) is 11.1 Å². The lowest BCUT2D eigenvalue weighted by Crippen LogP contribution is -2.18. The minimum atomic E-state index is -0.557. The number of hydrogen-bond donors (Lipinski definition) is 0. The van der Waals surface area contributed by atoms with Crippen LogP contribution in [0, 0.1) is 42.7 Å². The summed E-state index contributed by atoms with van der Waals surface area (Å²) >= 11 is 3.44. The monoisotopic (exact) mass is 530 g/mol.